The molecule has 0 aliphatic heterocycles. The van der Waals surface area contributed by atoms with Crippen molar-refractivity contribution in [2.75, 3.05) is 5.73 Å². The number of nitrogens with zero attached hydrogens (tertiary/aromatic N) is 1. The van der Waals surface area contributed by atoms with E-state index in [2.05, 4.69) is 38.7 Å². The topological polar surface area (TPSA) is 38.9 Å². The molecular weight excluding hydrogens is 208 g/mol. The van der Waals surface area contributed by atoms with Crippen LogP contribution in [-0.2, 0) is 0 Å². The van der Waals surface area contributed by atoms with Gasteiger partial charge in [0.25, 0.3) is 0 Å². The Kier molecular flexibility index (Phi) is 2.88. The summed E-state index contributed by atoms with van der Waals surface area (Å²) < 4.78 is 0. The predicted molar refractivity (Wildman–Crippen MR) is 73.0 cm³/mol. The standard InChI is InChI=1S/C15H18N2/c1-9-7-10(2)12(4)15(11(9)3)13-5-6-14(16)17-8-13/h5-8H,1-4H3,(H2,16,17). The molecule has 88 valence electrons. The van der Waals surface area contributed by atoms with E-state index in [-0.39, 0.29) is 0 Å². The third-order valence-electron chi connectivity index (χ3n) is 3.44. The lowest BCUT2D eigenvalue weighted by molar-refractivity contribution is 1.23. The molecule has 2 N–H and O–H groups in total. The van der Waals surface area contributed by atoms with Gasteiger partial charge in [-0.25, -0.2) is 4.98 Å². The molecule has 2 aromatic rings. The molecule has 0 spiro atoms. The van der Waals surface area contributed by atoms with E-state index in [0.717, 1.165) is 5.56 Å². The Labute approximate surface area is 103 Å². The number of aromatic nitrogens is 1. The Bertz CT molecular complexity index is 528. The number of hydrogen-bond donors (Lipinski definition) is 1. The molecule has 1 heterocycles. The molecule has 0 saturated carbocycles. The summed E-state index contributed by atoms with van der Waals surface area (Å²) in [4.78, 5) is 4.17. The van der Waals surface area contributed by atoms with E-state index in [4.69, 9.17) is 5.73 Å². The molecule has 0 fully saturated rings. The van der Waals surface area contributed by atoms with Crippen LogP contribution >= 0.6 is 0 Å². The minimum Gasteiger partial charge on any atom is -0.384 e. The van der Waals surface area contributed by atoms with Crippen molar-refractivity contribution in [2.45, 2.75) is 27.7 Å². The van der Waals surface area contributed by atoms with Crippen molar-refractivity contribution in [1.82, 2.24) is 4.98 Å². The summed E-state index contributed by atoms with van der Waals surface area (Å²) in [6, 6.07) is 6.13. The second-order valence-electron chi connectivity index (χ2n) is 4.61. The lowest BCUT2D eigenvalue weighted by atomic mass is 9.90. The molecule has 0 radical (unpaired) electrons. The van der Waals surface area contributed by atoms with Gasteiger partial charge in [0.2, 0.25) is 0 Å². The van der Waals surface area contributed by atoms with Gasteiger partial charge in [0.15, 0.2) is 0 Å². The van der Waals surface area contributed by atoms with E-state index in [0.29, 0.717) is 5.82 Å². The molecule has 1 aromatic heterocycles. The fourth-order valence-corrected chi connectivity index (χ4v) is 2.20. The van der Waals surface area contributed by atoms with Crippen LogP contribution in [0.15, 0.2) is 24.4 Å². The summed E-state index contributed by atoms with van der Waals surface area (Å²) in [7, 11) is 0. The molecule has 0 atom stereocenters. The summed E-state index contributed by atoms with van der Waals surface area (Å²) in [6.07, 6.45) is 1.85. The summed E-state index contributed by atoms with van der Waals surface area (Å²) in [5.74, 6) is 0.563. The largest absolute Gasteiger partial charge is 0.384 e. The zero-order valence-electron chi connectivity index (χ0n) is 10.8. The highest BCUT2D eigenvalue weighted by Crippen LogP contribution is 2.31. The highest BCUT2D eigenvalue weighted by atomic mass is 14.8. The van der Waals surface area contributed by atoms with E-state index in [1.165, 1.54) is 27.8 Å². The number of anilines is 1. The van der Waals surface area contributed by atoms with Gasteiger partial charge in [0, 0.05) is 11.8 Å². The van der Waals surface area contributed by atoms with Crippen molar-refractivity contribution < 1.29 is 0 Å². The monoisotopic (exact) mass is 226 g/mol. The first-order valence-electron chi connectivity index (χ1n) is 5.80. The highest BCUT2D eigenvalue weighted by molar-refractivity contribution is 5.73. The normalized spacial score (nSPS) is 10.6. The van der Waals surface area contributed by atoms with Gasteiger partial charge in [-0.2, -0.15) is 0 Å². The molecule has 2 rings (SSSR count). The summed E-state index contributed by atoms with van der Waals surface area (Å²) in [5, 5.41) is 0. The third-order valence-corrected chi connectivity index (χ3v) is 3.44. The Morgan fingerprint density at radius 3 is 2.00 bits per heavy atom. The quantitative estimate of drug-likeness (QED) is 0.807. The molecule has 17 heavy (non-hydrogen) atoms. The fraction of sp³-hybridized carbons (Fsp3) is 0.267. The minimum absolute atomic E-state index is 0.563. The van der Waals surface area contributed by atoms with Gasteiger partial charge in [-0.15, -0.1) is 0 Å². The van der Waals surface area contributed by atoms with Crippen molar-refractivity contribution in [3.05, 3.63) is 46.6 Å². The SMILES string of the molecule is Cc1cc(C)c(C)c(-c2ccc(N)nc2)c1C. The number of nitrogens with two attached hydrogens (primary N) is 1. The average molecular weight is 226 g/mol. The van der Waals surface area contributed by atoms with Crippen LogP contribution < -0.4 is 5.73 Å². The highest BCUT2D eigenvalue weighted by Gasteiger charge is 2.10. The molecule has 1 aromatic carbocycles. The van der Waals surface area contributed by atoms with Crippen molar-refractivity contribution in [1.29, 1.82) is 0 Å². The first-order valence-corrected chi connectivity index (χ1v) is 5.80. The Morgan fingerprint density at radius 1 is 0.941 bits per heavy atom. The van der Waals surface area contributed by atoms with Crippen molar-refractivity contribution >= 4 is 5.82 Å². The van der Waals surface area contributed by atoms with Crippen LogP contribution in [0.3, 0.4) is 0 Å². The van der Waals surface area contributed by atoms with Crippen LogP contribution in [0.25, 0.3) is 11.1 Å². The number of benzene rings is 1. The summed E-state index contributed by atoms with van der Waals surface area (Å²) >= 11 is 0. The van der Waals surface area contributed by atoms with Crippen LogP contribution in [0.2, 0.25) is 0 Å². The fourth-order valence-electron chi connectivity index (χ4n) is 2.20. The lowest BCUT2D eigenvalue weighted by Gasteiger charge is -2.15. The van der Waals surface area contributed by atoms with Gasteiger partial charge in [0.05, 0.1) is 0 Å². The molecule has 0 saturated heterocycles. The van der Waals surface area contributed by atoms with Gasteiger partial charge < -0.3 is 5.73 Å². The maximum Gasteiger partial charge on any atom is 0.123 e. The molecule has 0 unspecified atom stereocenters. The zero-order chi connectivity index (χ0) is 12.6. The molecule has 0 aliphatic carbocycles. The average Bonchev–Trinajstić information content (AvgIpc) is 2.29. The molecule has 0 amide bonds. The van der Waals surface area contributed by atoms with Crippen molar-refractivity contribution in [3.63, 3.8) is 0 Å². The van der Waals surface area contributed by atoms with Gasteiger partial charge in [0.1, 0.15) is 5.82 Å². The Hall–Kier alpha value is -1.83. The van der Waals surface area contributed by atoms with Crippen LogP contribution in [0, 0.1) is 27.7 Å². The maximum atomic E-state index is 5.63. The molecular formula is C15H18N2. The van der Waals surface area contributed by atoms with Crippen LogP contribution in [-0.4, -0.2) is 4.98 Å². The zero-order valence-corrected chi connectivity index (χ0v) is 10.8. The van der Waals surface area contributed by atoms with E-state index in [1.807, 2.05) is 18.3 Å². The summed E-state index contributed by atoms with van der Waals surface area (Å²) in [6.45, 7) is 8.62. The van der Waals surface area contributed by atoms with E-state index < -0.39 is 0 Å². The van der Waals surface area contributed by atoms with Crippen LogP contribution in [0.5, 0.6) is 0 Å². The molecule has 0 bridgehead atoms. The molecule has 2 nitrogen and oxygen atoms in total. The van der Waals surface area contributed by atoms with E-state index >= 15 is 0 Å². The first-order chi connectivity index (χ1) is 8.00. The smallest absolute Gasteiger partial charge is 0.123 e. The van der Waals surface area contributed by atoms with Crippen molar-refractivity contribution in [2.24, 2.45) is 0 Å². The van der Waals surface area contributed by atoms with E-state index in [1.54, 1.807) is 0 Å². The number of aryl methyl sites for hydroxylation is 2. The van der Waals surface area contributed by atoms with Gasteiger partial charge in [-0.05, 0) is 67.6 Å². The van der Waals surface area contributed by atoms with Gasteiger partial charge in [-0.3, -0.25) is 0 Å². The minimum atomic E-state index is 0.563. The first kappa shape index (κ1) is 11.6. The summed E-state index contributed by atoms with van der Waals surface area (Å²) in [5.41, 5.74) is 13.3. The van der Waals surface area contributed by atoms with Gasteiger partial charge in [-0.1, -0.05) is 6.07 Å². The second kappa shape index (κ2) is 4.21. The van der Waals surface area contributed by atoms with Crippen LogP contribution in [0.4, 0.5) is 5.82 Å². The Morgan fingerprint density at radius 2 is 1.53 bits per heavy atom. The Balaban J connectivity index is 2.70. The predicted octanol–water partition coefficient (Wildman–Crippen LogP) is 3.56. The van der Waals surface area contributed by atoms with Crippen molar-refractivity contribution in [3.8, 4) is 11.1 Å². The second-order valence-corrected chi connectivity index (χ2v) is 4.61. The molecule has 2 heteroatoms. The number of rotatable bonds is 1. The lowest BCUT2D eigenvalue weighted by Crippen LogP contribution is -1.96. The number of hydrogen-bond acceptors (Lipinski definition) is 2. The third kappa shape index (κ3) is 2.03. The van der Waals surface area contributed by atoms with E-state index in [9.17, 15) is 0 Å². The maximum absolute atomic E-state index is 5.63. The number of pyridine rings is 1. The van der Waals surface area contributed by atoms with Crippen LogP contribution in [0.1, 0.15) is 22.3 Å². The molecule has 0 aliphatic rings. The van der Waals surface area contributed by atoms with Gasteiger partial charge >= 0.3 is 0 Å². The number of nitrogen functional groups attached to an aromatic ring is 1.